The Morgan fingerprint density at radius 2 is 1.95 bits per heavy atom. The molecule has 0 saturated heterocycles. The van der Waals surface area contributed by atoms with Crippen molar-refractivity contribution in [1.82, 2.24) is 14.9 Å². The van der Waals surface area contributed by atoms with E-state index < -0.39 is 0 Å². The molecule has 3 rings (SSSR count). The van der Waals surface area contributed by atoms with Crippen LogP contribution in [0, 0.1) is 0 Å². The molecule has 0 aliphatic heterocycles. The van der Waals surface area contributed by atoms with E-state index >= 15 is 0 Å². The first-order valence-corrected chi connectivity index (χ1v) is 7.81. The van der Waals surface area contributed by atoms with Gasteiger partial charge in [0.2, 0.25) is 0 Å². The average Bonchev–Trinajstić information content (AvgIpc) is 3.10. The fraction of sp³-hybridized carbons (Fsp3) is 0. The maximum atomic E-state index is 5.87. The lowest BCUT2D eigenvalue weighted by molar-refractivity contribution is 0.465. The van der Waals surface area contributed by atoms with Crippen molar-refractivity contribution in [1.29, 1.82) is 0 Å². The average molecular weight is 384 g/mol. The quantitative estimate of drug-likeness (QED) is 0.630. The molecule has 1 aromatic carbocycles. The Morgan fingerprint density at radius 3 is 2.67 bits per heavy atom. The van der Waals surface area contributed by atoms with E-state index in [2.05, 4.69) is 31.2 Å². The van der Waals surface area contributed by atoms with Crippen molar-refractivity contribution in [2.24, 2.45) is 5.10 Å². The fourth-order valence-electron chi connectivity index (χ4n) is 1.49. The first-order chi connectivity index (χ1) is 10.2. The molecule has 0 atom stereocenters. The van der Waals surface area contributed by atoms with Gasteiger partial charge in [0.25, 0.3) is 0 Å². The van der Waals surface area contributed by atoms with Crippen LogP contribution in [-0.2, 0) is 0 Å². The van der Waals surface area contributed by atoms with Crippen LogP contribution in [0.1, 0.15) is 5.76 Å². The minimum absolute atomic E-state index is 0.632. The minimum Gasteiger partial charge on any atom is -0.447 e. The zero-order chi connectivity index (χ0) is 14.7. The number of hydrogen-bond acceptors (Lipinski definition) is 5. The van der Waals surface area contributed by atoms with Crippen LogP contribution in [0.4, 0.5) is 0 Å². The number of aromatic nitrogens is 3. The van der Waals surface area contributed by atoms with E-state index in [0.29, 0.717) is 10.8 Å². The Bertz CT molecular complexity index is 755. The molecule has 106 valence electrons. The number of halogens is 2. The van der Waals surface area contributed by atoms with E-state index in [9.17, 15) is 0 Å². The second kappa shape index (κ2) is 6.46. The molecule has 2 aromatic heterocycles. The van der Waals surface area contributed by atoms with Gasteiger partial charge < -0.3 is 4.42 Å². The van der Waals surface area contributed by atoms with Crippen LogP contribution in [-0.4, -0.2) is 21.1 Å². The third-order valence-corrected chi connectivity index (χ3v) is 4.52. The van der Waals surface area contributed by atoms with Crippen molar-refractivity contribution < 1.29 is 4.42 Å². The maximum absolute atomic E-state index is 5.87. The van der Waals surface area contributed by atoms with E-state index in [1.165, 1.54) is 29.1 Å². The monoisotopic (exact) mass is 382 g/mol. The van der Waals surface area contributed by atoms with Gasteiger partial charge in [-0.05, 0) is 40.2 Å². The number of rotatable bonds is 4. The largest absolute Gasteiger partial charge is 0.447 e. The molecule has 3 aromatic rings. The zero-order valence-electron chi connectivity index (χ0n) is 10.5. The lowest BCUT2D eigenvalue weighted by atomic mass is 10.4. The molecular formula is C13H8BrClN4OS. The number of benzene rings is 1. The summed E-state index contributed by atoms with van der Waals surface area (Å²) in [5.41, 5.74) is 0. The van der Waals surface area contributed by atoms with Crippen molar-refractivity contribution in [3.63, 3.8) is 0 Å². The van der Waals surface area contributed by atoms with E-state index in [-0.39, 0.29) is 0 Å². The highest BCUT2D eigenvalue weighted by Gasteiger charge is 2.09. The smallest absolute Gasteiger partial charge is 0.180 e. The zero-order valence-corrected chi connectivity index (χ0v) is 13.6. The van der Waals surface area contributed by atoms with Crippen LogP contribution in [0.3, 0.4) is 0 Å². The van der Waals surface area contributed by atoms with Crippen molar-refractivity contribution in [2.75, 3.05) is 0 Å². The molecule has 0 bridgehead atoms. The summed E-state index contributed by atoms with van der Waals surface area (Å²) in [4.78, 5) is 1.04. The number of hydrogen-bond donors (Lipinski definition) is 0. The first-order valence-electron chi connectivity index (χ1n) is 5.82. The Kier molecular flexibility index (Phi) is 4.42. The molecule has 0 radical (unpaired) electrons. The van der Waals surface area contributed by atoms with Crippen molar-refractivity contribution in [2.45, 2.75) is 9.99 Å². The van der Waals surface area contributed by atoms with E-state index in [0.717, 1.165) is 14.5 Å². The van der Waals surface area contributed by atoms with Gasteiger partial charge in [-0.2, -0.15) is 5.10 Å². The molecule has 5 nitrogen and oxygen atoms in total. The van der Waals surface area contributed by atoms with Gasteiger partial charge in [-0.25, -0.2) is 4.68 Å². The van der Waals surface area contributed by atoms with Gasteiger partial charge in [-0.3, -0.25) is 0 Å². The van der Waals surface area contributed by atoms with Crippen LogP contribution in [0.2, 0.25) is 5.02 Å². The van der Waals surface area contributed by atoms with Crippen LogP contribution >= 0.6 is 39.3 Å². The highest BCUT2D eigenvalue weighted by atomic mass is 79.9. The van der Waals surface area contributed by atoms with E-state index in [4.69, 9.17) is 16.0 Å². The first kappa shape index (κ1) is 14.4. The van der Waals surface area contributed by atoms with Gasteiger partial charge in [-0.15, -0.1) is 10.2 Å². The Labute approximate surface area is 138 Å². The summed E-state index contributed by atoms with van der Waals surface area (Å²) < 4.78 is 8.08. The summed E-state index contributed by atoms with van der Waals surface area (Å²) in [5, 5.41) is 12.9. The molecule has 8 heteroatoms. The van der Waals surface area contributed by atoms with Gasteiger partial charge in [0.05, 0.1) is 10.7 Å². The standard InChI is InChI=1S/C13H8BrClN4OS/c14-12-5-10(6-18-19-7-16-17-8-19)20-13(12)21-11-3-1-9(15)2-4-11/h1-8H/b18-6+. The summed E-state index contributed by atoms with van der Waals surface area (Å²) in [6.45, 7) is 0. The summed E-state index contributed by atoms with van der Waals surface area (Å²) >= 11 is 10.8. The predicted octanol–water partition coefficient (Wildman–Crippen LogP) is 4.32. The molecule has 0 N–H and O–H groups in total. The highest BCUT2D eigenvalue weighted by Crippen LogP contribution is 2.35. The van der Waals surface area contributed by atoms with Crippen LogP contribution in [0.25, 0.3) is 0 Å². The predicted molar refractivity (Wildman–Crippen MR) is 85.0 cm³/mol. The molecule has 0 aliphatic carbocycles. The second-order valence-corrected chi connectivity index (χ2v) is 6.26. The normalized spacial score (nSPS) is 11.3. The Hall–Kier alpha value is -1.57. The maximum Gasteiger partial charge on any atom is 0.180 e. The van der Waals surface area contributed by atoms with Crippen molar-refractivity contribution >= 4 is 45.5 Å². The molecule has 2 heterocycles. The molecule has 0 saturated carbocycles. The molecule has 0 unspecified atom stereocenters. The van der Waals surface area contributed by atoms with Gasteiger partial charge >= 0.3 is 0 Å². The summed E-state index contributed by atoms with van der Waals surface area (Å²) in [6, 6.07) is 9.41. The lowest BCUT2D eigenvalue weighted by Crippen LogP contribution is -1.84. The van der Waals surface area contributed by atoms with Gasteiger partial charge in [0.1, 0.15) is 18.4 Å². The Balaban J connectivity index is 1.76. The SMILES string of the molecule is Clc1ccc(Sc2oc(/C=N/n3cnnc3)cc2Br)cc1. The van der Waals surface area contributed by atoms with Crippen molar-refractivity contribution in [3.8, 4) is 0 Å². The molecule has 21 heavy (non-hydrogen) atoms. The van der Waals surface area contributed by atoms with E-state index in [1.807, 2.05) is 30.3 Å². The van der Waals surface area contributed by atoms with Crippen LogP contribution in [0.15, 0.2) is 67.0 Å². The molecule has 0 amide bonds. The van der Waals surface area contributed by atoms with Crippen LogP contribution in [0.5, 0.6) is 0 Å². The third kappa shape index (κ3) is 3.75. The molecule has 0 spiro atoms. The summed E-state index contributed by atoms with van der Waals surface area (Å²) in [5.74, 6) is 0.632. The van der Waals surface area contributed by atoms with Gasteiger partial charge in [-0.1, -0.05) is 23.4 Å². The number of nitrogens with zero attached hydrogens (tertiary/aromatic N) is 4. The van der Waals surface area contributed by atoms with Gasteiger partial charge in [0.15, 0.2) is 5.09 Å². The lowest BCUT2D eigenvalue weighted by Gasteiger charge is -1.98. The minimum atomic E-state index is 0.632. The highest BCUT2D eigenvalue weighted by molar-refractivity contribution is 9.10. The molecule has 0 aliphatic rings. The summed E-state index contributed by atoms with van der Waals surface area (Å²) in [6.07, 6.45) is 4.59. The second-order valence-electron chi connectivity index (χ2n) is 3.93. The van der Waals surface area contributed by atoms with Crippen molar-refractivity contribution in [3.05, 3.63) is 58.2 Å². The third-order valence-electron chi connectivity index (χ3n) is 2.42. The molecule has 0 fully saturated rings. The molecular weight excluding hydrogens is 376 g/mol. The summed E-state index contributed by atoms with van der Waals surface area (Å²) in [7, 11) is 0. The van der Waals surface area contributed by atoms with Gasteiger partial charge in [0, 0.05) is 16.0 Å². The van der Waals surface area contributed by atoms with E-state index in [1.54, 1.807) is 6.21 Å². The van der Waals surface area contributed by atoms with Crippen LogP contribution < -0.4 is 0 Å². The number of furan rings is 1. The Morgan fingerprint density at radius 1 is 1.24 bits per heavy atom. The fourth-order valence-corrected chi connectivity index (χ4v) is 2.95. The topological polar surface area (TPSA) is 56.2 Å².